The summed E-state index contributed by atoms with van der Waals surface area (Å²) in [5, 5.41) is 11.3. The number of halogens is 1. The summed E-state index contributed by atoms with van der Waals surface area (Å²) in [7, 11) is 0. The van der Waals surface area contributed by atoms with Crippen molar-refractivity contribution >= 4 is 29.2 Å². The molecule has 0 heterocycles. The van der Waals surface area contributed by atoms with Gasteiger partial charge in [-0.1, -0.05) is 17.7 Å². The van der Waals surface area contributed by atoms with E-state index < -0.39 is 18.3 Å². The highest BCUT2D eigenvalue weighted by molar-refractivity contribution is 6.34. The Morgan fingerprint density at radius 2 is 2.00 bits per heavy atom. The SMILES string of the molecule is Cc1cc(C)c(NC(=O)CC(=O)O)c(Cl)c1. The van der Waals surface area contributed by atoms with Gasteiger partial charge in [-0.25, -0.2) is 0 Å². The van der Waals surface area contributed by atoms with Gasteiger partial charge in [-0.2, -0.15) is 0 Å². The van der Waals surface area contributed by atoms with Gasteiger partial charge < -0.3 is 10.4 Å². The van der Waals surface area contributed by atoms with Crippen LogP contribution >= 0.6 is 11.6 Å². The molecule has 0 radical (unpaired) electrons. The second-order valence-electron chi connectivity index (χ2n) is 3.56. The summed E-state index contributed by atoms with van der Waals surface area (Å²) < 4.78 is 0. The third-order valence-electron chi connectivity index (χ3n) is 2.01. The molecule has 16 heavy (non-hydrogen) atoms. The van der Waals surface area contributed by atoms with E-state index in [1.807, 2.05) is 13.0 Å². The number of carbonyl (C=O) groups is 2. The third kappa shape index (κ3) is 3.24. The number of rotatable bonds is 3. The Bertz CT molecular complexity index is 420. The van der Waals surface area contributed by atoms with E-state index in [0.29, 0.717) is 10.7 Å². The maximum atomic E-state index is 11.3. The molecule has 0 bridgehead atoms. The van der Waals surface area contributed by atoms with E-state index in [1.165, 1.54) is 0 Å². The molecule has 0 aliphatic rings. The summed E-state index contributed by atoms with van der Waals surface area (Å²) in [5.41, 5.74) is 2.26. The largest absolute Gasteiger partial charge is 0.481 e. The minimum Gasteiger partial charge on any atom is -0.481 e. The Balaban J connectivity index is 2.89. The van der Waals surface area contributed by atoms with Crippen molar-refractivity contribution in [3.05, 3.63) is 28.3 Å². The van der Waals surface area contributed by atoms with Crippen LogP contribution in [0.1, 0.15) is 17.5 Å². The smallest absolute Gasteiger partial charge is 0.312 e. The van der Waals surface area contributed by atoms with Crippen molar-refractivity contribution < 1.29 is 14.7 Å². The molecule has 0 spiro atoms. The van der Waals surface area contributed by atoms with Crippen LogP contribution in [0, 0.1) is 13.8 Å². The van der Waals surface area contributed by atoms with Crippen molar-refractivity contribution in [3.63, 3.8) is 0 Å². The minimum atomic E-state index is -1.17. The molecule has 0 saturated heterocycles. The summed E-state index contributed by atoms with van der Waals surface area (Å²) in [6, 6.07) is 3.58. The molecule has 0 fully saturated rings. The average molecular weight is 242 g/mol. The van der Waals surface area contributed by atoms with Crippen molar-refractivity contribution in [2.45, 2.75) is 20.3 Å². The highest BCUT2D eigenvalue weighted by atomic mass is 35.5. The number of carbonyl (C=O) groups excluding carboxylic acids is 1. The number of aryl methyl sites for hydroxylation is 2. The van der Waals surface area contributed by atoms with Crippen LogP contribution in [0.5, 0.6) is 0 Å². The first kappa shape index (κ1) is 12.5. The molecule has 86 valence electrons. The monoisotopic (exact) mass is 241 g/mol. The Labute approximate surface area is 98.2 Å². The van der Waals surface area contributed by atoms with Crippen LogP contribution in [0.4, 0.5) is 5.69 Å². The van der Waals surface area contributed by atoms with Gasteiger partial charge >= 0.3 is 5.97 Å². The summed E-state index contributed by atoms with van der Waals surface area (Å²) in [5.74, 6) is -1.75. The average Bonchev–Trinajstić information content (AvgIpc) is 2.09. The van der Waals surface area contributed by atoms with Gasteiger partial charge in [-0.15, -0.1) is 0 Å². The molecule has 1 aromatic rings. The molecule has 0 unspecified atom stereocenters. The van der Waals surface area contributed by atoms with Crippen LogP contribution in [-0.4, -0.2) is 17.0 Å². The van der Waals surface area contributed by atoms with E-state index in [1.54, 1.807) is 13.0 Å². The van der Waals surface area contributed by atoms with Gasteiger partial charge in [-0.05, 0) is 31.0 Å². The third-order valence-corrected chi connectivity index (χ3v) is 2.31. The molecule has 0 aliphatic carbocycles. The van der Waals surface area contributed by atoms with E-state index in [2.05, 4.69) is 5.32 Å². The number of hydrogen-bond acceptors (Lipinski definition) is 2. The number of nitrogens with one attached hydrogen (secondary N) is 1. The number of carboxylic acids is 1. The fourth-order valence-corrected chi connectivity index (χ4v) is 1.76. The standard InChI is InChI=1S/C11H12ClNO3/c1-6-3-7(2)11(8(12)4-6)13-9(14)5-10(15)16/h3-4H,5H2,1-2H3,(H,13,14)(H,15,16). The lowest BCUT2D eigenvalue weighted by molar-refractivity contribution is -0.139. The molecule has 5 heteroatoms. The predicted molar refractivity (Wildman–Crippen MR) is 61.8 cm³/mol. The number of aliphatic carboxylic acids is 1. The Kier molecular flexibility index (Phi) is 3.90. The van der Waals surface area contributed by atoms with Gasteiger partial charge in [0, 0.05) is 0 Å². The summed E-state index contributed by atoms with van der Waals surface area (Å²) in [4.78, 5) is 21.6. The van der Waals surface area contributed by atoms with E-state index in [-0.39, 0.29) is 0 Å². The molecule has 1 amide bonds. The van der Waals surface area contributed by atoms with Crippen LogP contribution in [0.15, 0.2) is 12.1 Å². The Hall–Kier alpha value is -1.55. The van der Waals surface area contributed by atoms with E-state index in [0.717, 1.165) is 11.1 Å². The lowest BCUT2D eigenvalue weighted by Gasteiger charge is -2.10. The highest BCUT2D eigenvalue weighted by Gasteiger charge is 2.11. The van der Waals surface area contributed by atoms with Crippen molar-refractivity contribution in [1.29, 1.82) is 0 Å². The van der Waals surface area contributed by atoms with Crippen molar-refractivity contribution in [3.8, 4) is 0 Å². The molecule has 2 N–H and O–H groups in total. The first-order chi connectivity index (χ1) is 7.40. The molecular weight excluding hydrogens is 230 g/mol. The molecule has 0 saturated carbocycles. The van der Waals surface area contributed by atoms with Crippen LogP contribution in [0.25, 0.3) is 0 Å². The van der Waals surface area contributed by atoms with Crippen LogP contribution in [-0.2, 0) is 9.59 Å². The topological polar surface area (TPSA) is 66.4 Å². The van der Waals surface area contributed by atoms with Crippen LogP contribution in [0.2, 0.25) is 5.02 Å². The number of benzene rings is 1. The van der Waals surface area contributed by atoms with E-state index in [4.69, 9.17) is 16.7 Å². The first-order valence-electron chi connectivity index (χ1n) is 4.68. The lowest BCUT2D eigenvalue weighted by Crippen LogP contribution is -2.16. The molecule has 4 nitrogen and oxygen atoms in total. The summed E-state index contributed by atoms with van der Waals surface area (Å²) in [6.07, 6.45) is -0.566. The zero-order chi connectivity index (χ0) is 12.3. The van der Waals surface area contributed by atoms with Gasteiger partial charge in [-0.3, -0.25) is 9.59 Å². The fourth-order valence-electron chi connectivity index (χ4n) is 1.40. The summed E-state index contributed by atoms with van der Waals surface area (Å²) >= 11 is 5.95. The maximum Gasteiger partial charge on any atom is 0.312 e. The van der Waals surface area contributed by atoms with E-state index >= 15 is 0 Å². The number of carboxylic acid groups (broad SMARTS) is 1. The lowest BCUT2D eigenvalue weighted by atomic mass is 10.1. The molecule has 1 rings (SSSR count). The predicted octanol–water partition coefficient (Wildman–Crippen LogP) is 2.37. The maximum absolute atomic E-state index is 11.3. The van der Waals surface area contributed by atoms with Gasteiger partial charge in [0.2, 0.25) is 5.91 Å². The highest BCUT2D eigenvalue weighted by Crippen LogP contribution is 2.27. The van der Waals surface area contributed by atoms with Gasteiger partial charge in [0.1, 0.15) is 6.42 Å². The quantitative estimate of drug-likeness (QED) is 0.799. The summed E-state index contributed by atoms with van der Waals surface area (Å²) in [6.45, 7) is 3.69. The van der Waals surface area contributed by atoms with Crippen molar-refractivity contribution in [1.82, 2.24) is 0 Å². The Morgan fingerprint density at radius 3 is 2.50 bits per heavy atom. The van der Waals surface area contributed by atoms with Crippen LogP contribution < -0.4 is 5.32 Å². The molecule has 0 atom stereocenters. The Morgan fingerprint density at radius 1 is 1.38 bits per heavy atom. The minimum absolute atomic E-state index is 0.413. The molecule has 1 aromatic carbocycles. The van der Waals surface area contributed by atoms with Gasteiger partial charge in [0.05, 0.1) is 10.7 Å². The van der Waals surface area contributed by atoms with E-state index in [9.17, 15) is 9.59 Å². The van der Waals surface area contributed by atoms with Crippen LogP contribution in [0.3, 0.4) is 0 Å². The van der Waals surface area contributed by atoms with Gasteiger partial charge in [0.25, 0.3) is 0 Å². The fraction of sp³-hybridized carbons (Fsp3) is 0.273. The first-order valence-corrected chi connectivity index (χ1v) is 5.06. The second-order valence-corrected chi connectivity index (χ2v) is 3.96. The number of anilines is 1. The number of amides is 1. The van der Waals surface area contributed by atoms with Gasteiger partial charge in [0.15, 0.2) is 0 Å². The number of hydrogen-bond donors (Lipinski definition) is 2. The molecular formula is C11H12ClNO3. The van der Waals surface area contributed by atoms with Crippen molar-refractivity contribution in [2.75, 3.05) is 5.32 Å². The normalized spacial score (nSPS) is 9.94. The van der Waals surface area contributed by atoms with Crippen molar-refractivity contribution in [2.24, 2.45) is 0 Å². The zero-order valence-corrected chi connectivity index (χ0v) is 9.76. The zero-order valence-electron chi connectivity index (χ0n) is 9.00. The second kappa shape index (κ2) is 4.99. The molecule has 0 aliphatic heterocycles. The molecule has 0 aromatic heterocycles.